The van der Waals surface area contributed by atoms with Crippen molar-refractivity contribution in [3.8, 4) is 11.1 Å². The molecule has 0 nitrogen and oxygen atoms in total. The molecule has 0 N–H and O–H groups in total. The van der Waals surface area contributed by atoms with E-state index in [4.69, 9.17) is 0 Å². The highest BCUT2D eigenvalue weighted by molar-refractivity contribution is 6.94. The number of allylic oxidation sites excluding steroid dienone is 2. The van der Waals surface area contributed by atoms with Crippen molar-refractivity contribution in [3.05, 3.63) is 114 Å². The molecule has 0 spiro atoms. The molecule has 3 aromatic rings. The summed E-state index contributed by atoms with van der Waals surface area (Å²) in [6.45, 7) is 9.05. The fourth-order valence-electron chi connectivity index (χ4n) is 6.18. The summed E-state index contributed by atoms with van der Waals surface area (Å²) in [5.41, 5.74) is 9.04. The molecule has 0 bridgehead atoms. The number of hydrogen-bond donors (Lipinski definition) is 0. The lowest BCUT2D eigenvalue weighted by Crippen LogP contribution is -2.27. The van der Waals surface area contributed by atoms with Crippen molar-refractivity contribution in [2.45, 2.75) is 63.1 Å². The van der Waals surface area contributed by atoms with Crippen LogP contribution in [0, 0.1) is 0 Å². The second-order valence-electron chi connectivity index (χ2n) is 10.5. The smallest absolute Gasteiger partial charge is 0.0810 e. The van der Waals surface area contributed by atoms with Gasteiger partial charge in [0.2, 0.25) is 0 Å². The summed E-state index contributed by atoms with van der Waals surface area (Å²) >= 11 is 0. The third-order valence-electron chi connectivity index (χ3n) is 7.94. The predicted octanol–water partition coefficient (Wildman–Crippen LogP) is 9.36. The van der Waals surface area contributed by atoms with Crippen LogP contribution in [0.3, 0.4) is 0 Å². The van der Waals surface area contributed by atoms with E-state index in [0.29, 0.717) is 11.8 Å². The van der Waals surface area contributed by atoms with Gasteiger partial charge in [-0.2, -0.15) is 0 Å². The van der Waals surface area contributed by atoms with E-state index in [1.165, 1.54) is 54.0 Å². The Hall–Kier alpha value is -2.64. The lowest BCUT2D eigenvalue weighted by Gasteiger charge is -2.25. The molecule has 0 saturated heterocycles. The molecule has 3 aromatic carbocycles. The Bertz CT molecular complexity index is 1140. The van der Waals surface area contributed by atoms with Crippen LogP contribution in [0.1, 0.15) is 66.2 Å². The average molecular weight is 449 g/mol. The van der Waals surface area contributed by atoms with Gasteiger partial charge >= 0.3 is 0 Å². The van der Waals surface area contributed by atoms with Gasteiger partial charge in [0.15, 0.2) is 0 Å². The predicted molar refractivity (Wildman–Crippen MR) is 146 cm³/mol. The minimum absolute atomic E-state index is 0.520. The number of fused-ring (bicyclic) bond motifs is 4. The fraction of sp³-hybridized carbons (Fsp3) is 0.312. The van der Waals surface area contributed by atoms with E-state index < -0.39 is 8.07 Å². The largest absolute Gasteiger partial charge is 0.103 e. The molecule has 5 rings (SSSR count). The Morgan fingerprint density at radius 3 is 1.94 bits per heavy atom. The van der Waals surface area contributed by atoms with Gasteiger partial charge in [-0.05, 0) is 52.6 Å². The molecule has 0 aliphatic heterocycles. The van der Waals surface area contributed by atoms with Crippen LogP contribution in [0.5, 0.6) is 0 Å². The van der Waals surface area contributed by atoms with E-state index in [1.54, 1.807) is 16.3 Å². The Morgan fingerprint density at radius 2 is 1.30 bits per heavy atom. The summed E-state index contributed by atoms with van der Waals surface area (Å²) in [7, 11) is -1.46. The minimum atomic E-state index is -1.46. The number of rotatable bonds is 9. The molecular formula is C32H36Si. The molecule has 1 unspecified atom stereocenters. The van der Waals surface area contributed by atoms with Gasteiger partial charge in [0.1, 0.15) is 0 Å². The van der Waals surface area contributed by atoms with Crippen LogP contribution in [-0.2, 0) is 0 Å². The van der Waals surface area contributed by atoms with E-state index in [-0.39, 0.29) is 0 Å². The summed E-state index contributed by atoms with van der Waals surface area (Å²) < 4.78 is 0. The molecule has 1 atom stereocenters. The van der Waals surface area contributed by atoms with Gasteiger partial charge < -0.3 is 0 Å². The van der Waals surface area contributed by atoms with Crippen molar-refractivity contribution in [3.63, 3.8) is 0 Å². The second kappa shape index (κ2) is 9.31. The van der Waals surface area contributed by atoms with Crippen LogP contribution < -0.4 is 0 Å². The zero-order chi connectivity index (χ0) is 22.8. The molecular weight excluding hydrogens is 412 g/mol. The van der Waals surface area contributed by atoms with Gasteiger partial charge in [0.25, 0.3) is 0 Å². The van der Waals surface area contributed by atoms with Crippen LogP contribution >= 0.6 is 0 Å². The van der Waals surface area contributed by atoms with E-state index >= 15 is 0 Å². The van der Waals surface area contributed by atoms with Gasteiger partial charge in [-0.15, -0.1) is 6.58 Å². The highest BCUT2D eigenvalue weighted by Crippen LogP contribution is 2.49. The van der Waals surface area contributed by atoms with Gasteiger partial charge in [0.05, 0.1) is 8.07 Å². The summed E-state index contributed by atoms with van der Waals surface area (Å²) in [6, 6.07) is 28.7. The Morgan fingerprint density at radius 1 is 0.727 bits per heavy atom. The Kier molecular flexibility index (Phi) is 6.25. The molecule has 0 radical (unpaired) electrons. The van der Waals surface area contributed by atoms with Crippen LogP contribution in [-0.4, -0.2) is 8.07 Å². The Labute approximate surface area is 201 Å². The van der Waals surface area contributed by atoms with Crippen molar-refractivity contribution in [1.82, 2.24) is 0 Å². The van der Waals surface area contributed by atoms with E-state index in [1.807, 2.05) is 0 Å². The minimum Gasteiger partial charge on any atom is -0.103 e. The quantitative estimate of drug-likeness (QED) is 0.174. The van der Waals surface area contributed by atoms with Crippen LogP contribution in [0.15, 0.2) is 91.5 Å². The maximum atomic E-state index is 3.89. The van der Waals surface area contributed by atoms with Gasteiger partial charge in [-0.25, -0.2) is 0 Å². The zero-order valence-electron chi connectivity index (χ0n) is 20.2. The molecule has 33 heavy (non-hydrogen) atoms. The molecule has 2 aliphatic rings. The summed E-state index contributed by atoms with van der Waals surface area (Å²) in [4.78, 5) is 0. The van der Waals surface area contributed by atoms with Crippen molar-refractivity contribution in [1.29, 1.82) is 0 Å². The van der Waals surface area contributed by atoms with Crippen molar-refractivity contribution in [2.24, 2.45) is 0 Å². The summed E-state index contributed by atoms with van der Waals surface area (Å²) in [5.74, 6) is 1.07. The first-order valence-corrected chi connectivity index (χ1v) is 15.9. The highest BCUT2D eigenvalue weighted by atomic mass is 28.3. The van der Waals surface area contributed by atoms with Gasteiger partial charge in [0, 0.05) is 11.8 Å². The lowest BCUT2D eigenvalue weighted by atomic mass is 9.87. The van der Waals surface area contributed by atoms with Crippen molar-refractivity contribution >= 4 is 13.3 Å². The first kappa shape index (κ1) is 22.2. The standard InChI is InChI=1S/C32H36Si/c1-4-5-6-13-22-33(2,3)32-23-24(25-14-7-12-19-31(25)32)20-21-30-28-17-10-8-15-26(28)27-16-9-11-18-29(27)30/h4,7-12,14-19,23-24,30H,1,5-6,13,20-22H2,2-3H3. The molecule has 0 aromatic heterocycles. The number of hydrogen-bond acceptors (Lipinski definition) is 0. The fourth-order valence-corrected chi connectivity index (χ4v) is 9.20. The van der Waals surface area contributed by atoms with Crippen LogP contribution in [0.25, 0.3) is 16.3 Å². The SMILES string of the molecule is C=CCCCC[Si](C)(C)C1=CC(CCC2c3ccccc3-c3ccccc32)c2ccccc21. The van der Waals surface area contributed by atoms with E-state index in [0.717, 1.165) is 6.42 Å². The molecule has 168 valence electrons. The maximum Gasteiger partial charge on any atom is 0.0810 e. The lowest BCUT2D eigenvalue weighted by molar-refractivity contribution is 0.634. The van der Waals surface area contributed by atoms with Gasteiger partial charge in [-0.1, -0.05) is 122 Å². The third-order valence-corrected chi connectivity index (χ3v) is 11.4. The molecule has 1 heteroatoms. The monoisotopic (exact) mass is 448 g/mol. The molecule has 0 fully saturated rings. The van der Waals surface area contributed by atoms with Crippen LogP contribution in [0.4, 0.5) is 0 Å². The normalized spacial score (nSPS) is 16.8. The van der Waals surface area contributed by atoms with Crippen molar-refractivity contribution in [2.75, 3.05) is 0 Å². The molecule has 0 heterocycles. The molecule has 0 amide bonds. The summed E-state index contributed by atoms with van der Waals surface area (Å²) in [5, 5.41) is 1.70. The highest BCUT2D eigenvalue weighted by Gasteiger charge is 2.35. The molecule has 2 aliphatic carbocycles. The first-order valence-electron chi connectivity index (χ1n) is 12.7. The van der Waals surface area contributed by atoms with Crippen molar-refractivity contribution < 1.29 is 0 Å². The topological polar surface area (TPSA) is 0 Å². The van der Waals surface area contributed by atoms with E-state index in [2.05, 4.69) is 105 Å². The third kappa shape index (κ3) is 4.20. The van der Waals surface area contributed by atoms with Gasteiger partial charge in [-0.3, -0.25) is 0 Å². The summed E-state index contributed by atoms with van der Waals surface area (Å²) in [6.07, 6.45) is 10.9. The molecule has 0 saturated carbocycles. The van der Waals surface area contributed by atoms with Crippen LogP contribution in [0.2, 0.25) is 19.1 Å². The maximum absolute atomic E-state index is 3.89. The van der Waals surface area contributed by atoms with E-state index in [9.17, 15) is 0 Å². The Balaban J connectivity index is 1.38. The first-order chi connectivity index (χ1) is 16.1. The second-order valence-corrected chi connectivity index (χ2v) is 15.3. The average Bonchev–Trinajstić information content (AvgIpc) is 3.37. The zero-order valence-corrected chi connectivity index (χ0v) is 21.2. The number of benzene rings is 3. The number of unbranched alkanes of at least 4 members (excludes halogenated alkanes) is 2.